The van der Waals surface area contributed by atoms with E-state index in [2.05, 4.69) is 10.2 Å². The molecule has 1 aromatic rings. The maximum Gasteiger partial charge on any atom is 0.338 e. The molecule has 0 saturated heterocycles. The highest BCUT2D eigenvalue weighted by Crippen LogP contribution is 2.16. The fourth-order valence-electron chi connectivity index (χ4n) is 1.71. The van der Waals surface area contributed by atoms with E-state index < -0.39 is 28.5 Å². The summed E-state index contributed by atoms with van der Waals surface area (Å²) < 4.78 is 30.0. The first kappa shape index (κ1) is 21.1. The van der Waals surface area contributed by atoms with E-state index in [4.69, 9.17) is 4.74 Å². The molecule has 1 aromatic carbocycles. The van der Waals surface area contributed by atoms with Gasteiger partial charge in [0.1, 0.15) is 0 Å². The molecule has 0 bridgehead atoms. The van der Waals surface area contributed by atoms with Gasteiger partial charge < -0.3 is 10.1 Å². The normalized spacial score (nSPS) is 12.9. The van der Waals surface area contributed by atoms with Gasteiger partial charge in [0.15, 0.2) is 6.61 Å². The largest absolute Gasteiger partial charge is 0.452 e. The average Bonchev–Trinajstić information content (AvgIpc) is 2.58. The number of ether oxygens (including phenoxy) is 1. The molecule has 8 nitrogen and oxygen atoms in total. The quantitative estimate of drug-likeness (QED) is 0.543. The molecule has 0 aliphatic heterocycles. The van der Waals surface area contributed by atoms with Crippen molar-refractivity contribution in [3.05, 3.63) is 29.8 Å². The fraction of sp³-hybridized carbons (Fsp3) is 0.500. The van der Waals surface area contributed by atoms with E-state index in [-0.39, 0.29) is 22.4 Å². The Morgan fingerprint density at radius 1 is 1.24 bits per heavy atom. The van der Waals surface area contributed by atoms with E-state index in [0.717, 1.165) is 0 Å². The van der Waals surface area contributed by atoms with Crippen LogP contribution in [-0.2, 0) is 24.4 Å². The highest BCUT2D eigenvalue weighted by atomic mass is 32.2. The van der Waals surface area contributed by atoms with Gasteiger partial charge in [0.25, 0.3) is 15.9 Å². The van der Waals surface area contributed by atoms with Crippen LogP contribution in [0.25, 0.3) is 0 Å². The second-order valence-corrected chi connectivity index (χ2v) is 7.74. The molecule has 1 amide bonds. The van der Waals surface area contributed by atoms with Crippen LogP contribution in [0.4, 0.5) is 0 Å². The van der Waals surface area contributed by atoms with Gasteiger partial charge in [-0.1, -0.05) is 24.4 Å². The third-order valence-corrected chi connectivity index (χ3v) is 5.36. The fourth-order valence-corrected chi connectivity index (χ4v) is 2.73. The standard InChI is InChI=1S/C16H24N2O6S/c1-11(2)12(3)17-15(19)10-24-16(20)13-7-6-8-14(9-13)25(21,22)18(4)23-5/h6-9,11-12H,10H2,1-5H3,(H,17,19)/t12-/m0/s1. The monoisotopic (exact) mass is 372 g/mol. The van der Waals surface area contributed by atoms with Crippen LogP contribution in [0.3, 0.4) is 0 Å². The van der Waals surface area contributed by atoms with E-state index in [1.807, 2.05) is 20.8 Å². The number of hydrogen-bond acceptors (Lipinski definition) is 6. The molecule has 25 heavy (non-hydrogen) atoms. The van der Waals surface area contributed by atoms with Crippen LogP contribution in [0.1, 0.15) is 31.1 Å². The van der Waals surface area contributed by atoms with E-state index in [0.29, 0.717) is 4.47 Å². The molecular formula is C16H24N2O6S. The Balaban J connectivity index is 2.78. The maximum atomic E-state index is 12.2. The minimum atomic E-state index is -3.88. The number of carbonyl (C=O) groups excluding carboxylic acids is 2. The molecule has 0 unspecified atom stereocenters. The third kappa shape index (κ3) is 5.80. The molecule has 0 saturated carbocycles. The number of sulfonamides is 1. The van der Waals surface area contributed by atoms with Gasteiger partial charge in [-0.15, -0.1) is 0 Å². The van der Waals surface area contributed by atoms with Gasteiger partial charge in [0, 0.05) is 13.1 Å². The molecule has 0 aromatic heterocycles. The van der Waals surface area contributed by atoms with Crippen LogP contribution < -0.4 is 5.32 Å². The number of nitrogens with zero attached hydrogens (tertiary/aromatic N) is 1. The number of hydrogen-bond donors (Lipinski definition) is 1. The van der Waals surface area contributed by atoms with Gasteiger partial charge in [-0.3, -0.25) is 9.63 Å². The van der Waals surface area contributed by atoms with Crippen molar-refractivity contribution >= 4 is 21.9 Å². The van der Waals surface area contributed by atoms with E-state index >= 15 is 0 Å². The van der Waals surface area contributed by atoms with Crippen molar-refractivity contribution in [2.45, 2.75) is 31.7 Å². The van der Waals surface area contributed by atoms with Gasteiger partial charge in [0.05, 0.1) is 17.6 Å². The first-order valence-electron chi connectivity index (χ1n) is 7.69. The highest BCUT2D eigenvalue weighted by Gasteiger charge is 2.22. The molecular weight excluding hydrogens is 348 g/mol. The van der Waals surface area contributed by atoms with Gasteiger partial charge in [-0.25, -0.2) is 13.2 Å². The third-order valence-electron chi connectivity index (χ3n) is 3.69. The second kappa shape index (κ2) is 8.93. The van der Waals surface area contributed by atoms with Gasteiger partial charge in [0.2, 0.25) is 0 Å². The zero-order valence-electron chi connectivity index (χ0n) is 15.0. The number of esters is 1. The summed E-state index contributed by atoms with van der Waals surface area (Å²) in [7, 11) is -1.43. The van der Waals surface area contributed by atoms with Gasteiger partial charge in [-0.2, -0.15) is 0 Å². The lowest BCUT2D eigenvalue weighted by atomic mass is 10.1. The molecule has 0 radical (unpaired) electrons. The average molecular weight is 372 g/mol. The topological polar surface area (TPSA) is 102 Å². The first-order chi connectivity index (χ1) is 11.6. The Kier molecular flexibility index (Phi) is 7.53. The molecule has 0 spiro atoms. The lowest BCUT2D eigenvalue weighted by Gasteiger charge is -2.17. The summed E-state index contributed by atoms with van der Waals surface area (Å²) >= 11 is 0. The molecule has 0 aliphatic carbocycles. The summed E-state index contributed by atoms with van der Waals surface area (Å²) in [5.41, 5.74) is 0.0234. The summed E-state index contributed by atoms with van der Waals surface area (Å²) in [6, 6.07) is 5.27. The van der Waals surface area contributed by atoms with Crippen molar-refractivity contribution in [1.82, 2.24) is 9.79 Å². The number of amides is 1. The van der Waals surface area contributed by atoms with Crippen molar-refractivity contribution in [2.24, 2.45) is 5.92 Å². The van der Waals surface area contributed by atoms with Crippen molar-refractivity contribution in [2.75, 3.05) is 20.8 Å². The van der Waals surface area contributed by atoms with E-state index in [9.17, 15) is 18.0 Å². The first-order valence-corrected chi connectivity index (χ1v) is 9.13. The SMILES string of the molecule is CON(C)S(=O)(=O)c1cccc(C(=O)OCC(=O)N[C@@H](C)C(C)C)c1. The van der Waals surface area contributed by atoms with Crippen LogP contribution in [0.5, 0.6) is 0 Å². The number of rotatable bonds is 8. The molecule has 0 heterocycles. The predicted octanol–water partition coefficient (Wildman–Crippen LogP) is 1.19. The molecule has 1 N–H and O–H groups in total. The Hall–Kier alpha value is -1.97. The van der Waals surface area contributed by atoms with E-state index in [1.165, 1.54) is 38.4 Å². The maximum absolute atomic E-state index is 12.2. The number of benzene rings is 1. The van der Waals surface area contributed by atoms with Crippen LogP contribution in [0, 0.1) is 5.92 Å². The smallest absolute Gasteiger partial charge is 0.338 e. The minimum absolute atomic E-state index is 0.0234. The summed E-state index contributed by atoms with van der Waals surface area (Å²) in [4.78, 5) is 28.3. The number of carbonyl (C=O) groups is 2. The van der Waals surface area contributed by atoms with Crippen LogP contribution in [0.2, 0.25) is 0 Å². The van der Waals surface area contributed by atoms with Crippen molar-refractivity contribution in [3.8, 4) is 0 Å². The summed E-state index contributed by atoms with van der Waals surface area (Å²) in [6.45, 7) is 5.33. The molecule has 0 aliphatic rings. The van der Waals surface area contributed by atoms with Gasteiger partial charge in [-0.05, 0) is 31.0 Å². The molecule has 0 fully saturated rings. The van der Waals surface area contributed by atoms with Crippen LogP contribution in [0.15, 0.2) is 29.2 Å². The Labute approximate surface area is 148 Å². The Bertz CT molecular complexity index is 717. The molecule has 140 valence electrons. The lowest BCUT2D eigenvalue weighted by Crippen LogP contribution is -2.38. The summed E-state index contributed by atoms with van der Waals surface area (Å²) in [5, 5.41) is 2.71. The summed E-state index contributed by atoms with van der Waals surface area (Å²) in [6.07, 6.45) is 0. The van der Waals surface area contributed by atoms with Gasteiger partial charge >= 0.3 is 5.97 Å². The lowest BCUT2D eigenvalue weighted by molar-refractivity contribution is -0.125. The predicted molar refractivity (Wildman–Crippen MR) is 91.1 cm³/mol. The summed E-state index contributed by atoms with van der Waals surface area (Å²) in [5.74, 6) is -0.957. The van der Waals surface area contributed by atoms with Crippen LogP contribution in [-0.4, -0.2) is 51.6 Å². The zero-order valence-corrected chi connectivity index (χ0v) is 15.8. The van der Waals surface area contributed by atoms with Crippen molar-refractivity contribution in [3.63, 3.8) is 0 Å². The molecule has 1 rings (SSSR count). The zero-order chi connectivity index (χ0) is 19.2. The van der Waals surface area contributed by atoms with Crippen LogP contribution >= 0.6 is 0 Å². The second-order valence-electron chi connectivity index (χ2n) is 5.80. The highest BCUT2D eigenvalue weighted by molar-refractivity contribution is 7.89. The Morgan fingerprint density at radius 2 is 1.88 bits per heavy atom. The number of nitrogens with one attached hydrogen (secondary N) is 1. The van der Waals surface area contributed by atoms with Crippen molar-refractivity contribution < 1.29 is 27.6 Å². The van der Waals surface area contributed by atoms with Crippen molar-refractivity contribution in [1.29, 1.82) is 0 Å². The molecule has 1 atom stereocenters. The number of hydroxylamine groups is 1. The Morgan fingerprint density at radius 3 is 2.44 bits per heavy atom. The molecule has 9 heteroatoms. The van der Waals surface area contributed by atoms with E-state index in [1.54, 1.807) is 0 Å². The minimum Gasteiger partial charge on any atom is -0.452 e.